The minimum absolute atomic E-state index is 0.0381. The molecule has 0 bridgehead atoms. The maximum absolute atomic E-state index is 12.2. The Labute approximate surface area is 132 Å². The number of rotatable bonds is 5. The van der Waals surface area contributed by atoms with Gasteiger partial charge in [0.1, 0.15) is 0 Å². The highest BCUT2D eigenvalue weighted by Gasteiger charge is 2.26. The average molecular weight is 302 g/mol. The van der Waals surface area contributed by atoms with Gasteiger partial charge in [-0.3, -0.25) is 9.59 Å². The predicted molar refractivity (Wildman–Crippen MR) is 87.2 cm³/mol. The molecule has 120 valence electrons. The lowest BCUT2D eigenvalue weighted by atomic mass is 9.95. The summed E-state index contributed by atoms with van der Waals surface area (Å²) in [6.45, 7) is 6.07. The molecular formula is C18H26N2O2. The number of carbonyl (C=O) groups excluding carboxylic acids is 2. The van der Waals surface area contributed by atoms with Crippen molar-refractivity contribution in [1.82, 2.24) is 10.2 Å². The van der Waals surface area contributed by atoms with Crippen LogP contribution in [0, 0.1) is 12.8 Å². The smallest absolute Gasteiger partial charge is 0.223 e. The van der Waals surface area contributed by atoms with Gasteiger partial charge in [-0.2, -0.15) is 0 Å². The second-order valence-electron chi connectivity index (χ2n) is 6.11. The molecule has 1 heterocycles. The first-order valence-electron chi connectivity index (χ1n) is 8.21. The van der Waals surface area contributed by atoms with Crippen LogP contribution in [0.1, 0.15) is 43.7 Å². The minimum Gasteiger partial charge on any atom is -0.352 e. The number of nitrogens with one attached hydrogen (secondary N) is 1. The molecule has 4 nitrogen and oxygen atoms in total. The molecule has 0 atom stereocenters. The van der Waals surface area contributed by atoms with Gasteiger partial charge >= 0.3 is 0 Å². The van der Waals surface area contributed by atoms with Crippen LogP contribution in [0.5, 0.6) is 0 Å². The van der Waals surface area contributed by atoms with Gasteiger partial charge in [-0.15, -0.1) is 0 Å². The van der Waals surface area contributed by atoms with E-state index in [2.05, 4.69) is 24.4 Å². The molecule has 2 amide bonds. The van der Waals surface area contributed by atoms with Gasteiger partial charge in [0.15, 0.2) is 0 Å². The number of hydrogen-bond acceptors (Lipinski definition) is 2. The number of piperidine rings is 1. The minimum atomic E-state index is 0.0381. The third kappa shape index (κ3) is 4.58. The van der Waals surface area contributed by atoms with E-state index in [1.165, 1.54) is 5.56 Å². The fourth-order valence-corrected chi connectivity index (χ4v) is 2.80. The molecule has 0 aromatic heterocycles. The Hall–Kier alpha value is -1.84. The van der Waals surface area contributed by atoms with Crippen LogP contribution in [0.25, 0.3) is 0 Å². The summed E-state index contributed by atoms with van der Waals surface area (Å²) in [6, 6.07) is 8.20. The van der Waals surface area contributed by atoms with E-state index in [4.69, 9.17) is 0 Å². The molecule has 22 heavy (non-hydrogen) atoms. The van der Waals surface area contributed by atoms with E-state index in [0.29, 0.717) is 26.1 Å². The third-order valence-electron chi connectivity index (χ3n) is 4.27. The van der Waals surface area contributed by atoms with Gasteiger partial charge in [0.05, 0.1) is 0 Å². The highest BCUT2D eigenvalue weighted by Crippen LogP contribution is 2.18. The molecule has 0 spiro atoms. The molecule has 0 aliphatic carbocycles. The van der Waals surface area contributed by atoms with Gasteiger partial charge in [0.2, 0.25) is 11.8 Å². The first-order chi connectivity index (χ1) is 10.6. The molecule has 1 aliphatic heterocycles. The van der Waals surface area contributed by atoms with Crippen molar-refractivity contribution in [3.05, 3.63) is 35.4 Å². The Morgan fingerprint density at radius 1 is 1.18 bits per heavy atom. The maximum atomic E-state index is 12.2. The van der Waals surface area contributed by atoms with Gasteiger partial charge in [0.25, 0.3) is 0 Å². The lowest BCUT2D eigenvalue weighted by molar-refractivity contribution is -0.135. The zero-order valence-electron chi connectivity index (χ0n) is 13.6. The van der Waals surface area contributed by atoms with Crippen molar-refractivity contribution in [3.8, 4) is 0 Å². The number of nitrogens with zero attached hydrogens (tertiary/aromatic N) is 1. The molecule has 1 saturated heterocycles. The van der Waals surface area contributed by atoms with Crippen molar-refractivity contribution in [2.45, 2.75) is 46.1 Å². The number of amides is 2. The molecular weight excluding hydrogens is 276 g/mol. The summed E-state index contributed by atoms with van der Waals surface area (Å²) in [5.41, 5.74) is 2.34. The van der Waals surface area contributed by atoms with Crippen LogP contribution in [-0.2, 0) is 16.1 Å². The van der Waals surface area contributed by atoms with Crippen LogP contribution in [-0.4, -0.2) is 29.8 Å². The van der Waals surface area contributed by atoms with Crippen molar-refractivity contribution >= 4 is 11.8 Å². The van der Waals surface area contributed by atoms with E-state index in [-0.39, 0.29) is 17.7 Å². The van der Waals surface area contributed by atoms with Crippen LogP contribution in [0.3, 0.4) is 0 Å². The van der Waals surface area contributed by atoms with E-state index in [1.54, 1.807) is 0 Å². The molecule has 0 radical (unpaired) electrons. The second-order valence-corrected chi connectivity index (χ2v) is 6.11. The highest BCUT2D eigenvalue weighted by atomic mass is 16.2. The van der Waals surface area contributed by atoms with Crippen molar-refractivity contribution in [3.63, 3.8) is 0 Å². The number of likely N-dealkylation sites (tertiary alicyclic amines) is 1. The Bertz CT molecular complexity index is 502. The third-order valence-corrected chi connectivity index (χ3v) is 4.27. The van der Waals surface area contributed by atoms with Crippen molar-refractivity contribution in [1.29, 1.82) is 0 Å². The first-order valence-corrected chi connectivity index (χ1v) is 8.21. The predicted octanol–water partition coefficient (Wildman–Crippen LogP) is 2.65. The molecule has 1 aliphatic rings. The van der Waals surface area contributed by atoms with Crippen LogP contribution in [0.15, 0.2) is 24.3 Å². The Morgan fingerprint density at radius 3 is 2.41 bits per heavy atom. The Morgan fingerprint density at radius 2 is 1.82 bits per heavy atom. The fourth-order valence-electron chi connectivity index (χ4n) is 2.80. The summed E-state index contributed by atoms with van der Waals surface area (Å²) < 4.78 is 0. The quantitative estimate of drug-likeness (QED) is 0.909. The van der Waals surface area contributed by atoms with Crippen LogP contribution in [0.4, 0.5) is 0 Å². The zero-order valence-corrected chi connectivity index (χ0v) is 13.6. The average Bonchev–Trinajstić information content (AvgIpc) is 2.54. The Balaban J connectivity index is 1.75. The lowest BCUT2D eigenvalue weighted by Crippen LogP contribution is -2.42. The lowest BCUT2D eigenvalue weighted by Gasteiger charge is -2.31. The number of hydrogen-bond donors (Lipinski definition) is 1. The molecule has 1 aromatic rings. The van der Waals surface area contributed by atoms with Gasteiger partial charge in [-0.1, -0.05) is 36.8 Å². The van der Waals surface area contributed by atoms with Gasteiger partial charge < -0.3 is 10.2 Å². The number of carbonyl (C=O) groups is 2. The number of aryl methyl sites for hydroxylation is 1. The van der Waals surface area contributed by atoms with E-state index in [1.807, 2.05) is 24.0 Å². The first kappa shape index (κ1) is 16.5. The topological polar surface area (TPSA) is 49.4 Å². The van der Waals surface area contributed by atoms with E-state index >= 15 is 0 Å². The summed E-state index contributed by atoms with van der Waals surface area (Å²) in [5, 5.41) is 3.01. The van der Waals surface area contributed by atoms with E-state index in [9.17, 15) is 9.59 Å². The summed E-state index contributed by atoms with van der Waals surface area (Å²) in [5.74, 6) is 0.375. The van der Waals surface area contributed by atoms with Gasteiger partial charge in [-0.05, 0) is 31.7 Å². The van der Waals surface area contributed by atoms with Crippen LogP contribution >= 0.6 is 0 Å². The summed E-state index contributed by atoms with van der Waals surface area (Å²) >= 11 is 0. The maximum Gasteiger partial charge on any atom is 0.223 e. The standard InChI is InChI=1S/C18H26N2O2/c1-3-4-17(21)20-11-9-16(10-12-20)18(22)19-13-15-7-5-14(2)6-8-15/h5-8,16H,3-4,9-13H2,1-2H3,(H,19,22). The van der Waals surface area contributed by atoms with Gasteiger partial charge in [-0.25, -0.2) is 0 Å². The monoisotopic (exact) mass is 302 g/mol. The molecule has 0 saturated carbocycles. The van der Waals surface area contributed by atoms with E-state index in [0.717, 1.165) is 24.8 Å². The van der Waals surface area contributed by atoms with Gasteiger partial charge in [0, 0.05) is 32.0 Å². The van der Waals surface area contributed by atoms with E-state index < -0.39 is 0 Å². The van der Waals surface area contributed by atoms with Crippen molar-refractivity contribution in [2.24, 2.45) is 5.92 Å². The molecule has 1 N–H and O–H groups in total. The largest absolute Gasteiger partial charge is 0.352 e. The fraction of sp³-hybridized carbons (Fsp3) is 0.556. The second kappa shape index (κ2) is 7.97. The molecule has 0 unspecified atom stereocenters. The summed E-state index contributed by atoms with van der Waals surface area (Å²) in [7, 11) is 0. The van der Waals surface area contributed by atoms with Crippen LogP contribution < -0.4 is 5.32 Å². The normalized spacial score (nSPS) is 15.6. The molecule has 4 heteroatoms. The molecule has 2 rings (SSSR count). The molecule has 1 fully saturated rings. The number of benzene rings is 1. The summed E-state index contributed by atoms with van der Waals surface area (Å²) in [4.78, 5) is 26.0. The highest BCUT2D eigenvalue weighted by molar-refractivity contribution is 5.80. The SMILES string of the molecule is CCCC(=O)N1CCC(C(=O)NCc2ccc(C)cc2)CC1. The van der Waals surface area contributed by atoms with Crippen molar-refractivity contribution < 1.29 is 9.59 Å². The molecule has 1 aromatic carbocycles. The zero-order chi connectivity index (χ0) is 15.9. The van der Waals surface area contributed by atoms with Crippen LogP contribution in [0.2, 0.25) is 0 Å². The summed E-state index contributed by atoms with van der Waals surface area (Å²) in [6.07, 6.45) is 3.05. The Kier molecular flexibility index (Phi) is 5.99. The van der Waals surface area contributed by atoms with Crippen molar-refractivity contribution in [2.75, 3.05) is 13.1 Å².